The average molecular weight is 421 g/mol. The van der Waals surface area contributed by atoms with Gasteiger partial charge in [0.1, 0.15) is 5.75 Å². The molecule has 4 aromatic rings. The highest BCUT2D eigenvalue weighted by Gasteiger charge is 2.12. The minimum Gasteiger partial charge on any atom is -0.497 e. The lowest BCUT2D eigenvalue weighted by Crippen LogP contribution is -2.26. The van der Waals surface area contributed by atoms with E-state index in [0.29, 0.717) is 25.8 Å². The van der Waals surface area contributed by atoms with Crippen LogP contribution in [0.5, 0.6) is 5.75 Å². The van der Waals surface area contributed by atoms with Crippen LogP contribution in [0.25, 0.3) is 16.3 Å². The molecule has 0 unspecified atom stereocenters. The molecule has 2 aromatic carbocycles. The van der Waals surface area contributed by atoms with Gasteiger partial charge in [-0.3, -0.25) is 4.79 Å². The number of hydrogen-bond donors (Lipinski definition) is 1. The van der Waals surface area contributed by atoms with Crippen molar-refractivity contribution in [2.24, 2.45) is 0 Å². The second kappa shape index (κ2) is 9.09. The zero-order chi connectivity index (χ0) is 20.9. The van der Waals surface area contributed by atoms with Gasteiger partial charge in [0, 0.05) is 30.3 Å². The summed E-state index contributed by atoms with van der Waals surface area (Å²) in [6.07, 6.45) is 1.89. The molecule has 0 fully saturated rings. The number of amides is 1. The molecule has 0 atom stereocenters. The molecule has 30 heavy (non-hydrogen) atoms. The van der Waals surface area contributed by atoms with Gasteiger partial charge in [0.05, 0.1) is 12.8 Å². The first-order valence-corrected chi connectivity index (χ1v) is 10.8. The van der Waals surface area contributed by atoms with Crippen LogP contribution in [0.2, 0.25) is 0 Å². The van der Waals surface area contributed by atoms with Gasteiger partial charge in [-0.15, -0.1) is 16.4 Å². The molecule has 2 heterocycles. The van der Waals surface area contributed by atoms with E-state index < -0.39 is 0 Å². The summed E-state index contributed by atoms with van der Waals surface area (Å²) in [6, 6.07) is 16.0. The van der Waals surface area contributed by atoms with Crippen molar-refractivity contribution in [1.82, 2.24) is 19.9 Å². The fraction of sp³-hybridized carbons (Fsp3) is 0.261. The third-order valence-corrected chi connectivity index (χ3v) is 5.83. The zero-order valence-electron chi connectivity index (χ0n) is 17.1. The molecule has 7 heteroatoms. The number of nitrogens with one attached hydrogen (secondary N) is 1. The summed E-state index contributed by atoms with van der Waals surface area (Å²) in [4.78, 5) is 17.7. The van der Waals surface area contributed by atoms with Gasteiger partial charge in [0.15, 0.2) is 5.82 Å². The summed E-state index contributed by atoms with van der Waals surface area (Å²) < 4.78 is 7.03. The number of benzene rings is 2. The lowest BCUT2D eigenvalue weighted by molar-refractivity contribution is -0.121. The van der Waals surface area contributed by atoms with Crippen LogP contribution in [0.3, 0.4) is 0 Å². The van der Waals surface area contributed by atoms with E-state index in [2.05, 4.69) is 39.8 Å². The first-order valence-electron chi connectivity index (χ1n) is 9.92. The zero-order valence-corrected chi connectivity index (χ0v) is 17.9. The van der Waals surface area contributed by atoms with E-state index in [1.165, 1.54) is 5.56 Å². The second-order valence-corrected chi connectivity index (χ2v) is 8.01. The number of thiazole rings is 1. The van der Waals surface area contributed by atoms with Crippen molar-refractivity contribution >= 4 is 22.2 Å². The summed E-state index contributed by atoms with van der Waals surface area (Å²) >= 11 is 1.57. The van der Waals surface area contributed by atoms with Crippen LogP contribution in [0.15, 0.2) is 53.9 Å². The number of methoxy groups -OCH3 is 1. The number of carbonyl (C=O) groups excluding carboxylic acids is 1. The van der Waals surface area contributed by atoms with Gasteiger partial charge < -0.3 is 10.1 Å². The van der Waals surface area contributed by atoms with E-state index in [9.17, 15) is 4.79 Å². The number of aryl methyl sites for hydroxylation is 2. The van der Waals surface area contributed by atoms with Crippen LogP contribution >= 0.6 is 11.3 Å². The highest BCUT2D eigenvalue weighted by Crippen LogP contribution is 2.21. The van der Waals surface area contributed by atoms with Crippen molar-refractivity contribution < 1.29 is 9.53 Å². The summed E-state index contributed by atoms with van der Waals surface area (Å²) in [7, 11) is 1.65. The summed E-state index contributed by atoms with van der Waals surface area (Å²) in [6.45, 7) is 2.64. The van der Waals surface area contributed by atoms with E-state index in [4.69, 9.17) is 4.74 Å². The predicted molar refractivity (Wildman–Crippen MR) is 119 cm³/mol. The van der Waals surface area contributed by atoms with E-state index in [1.807, 2.05) is 40.9 Å². The summed E-state index contributed by atoms with van der Waals surface area (Å²) in [5.41, 5.74) is 4.39. The predicted octanol–water partition coefficient (Wildman–Crippen LogP) is 4.07. The second-order valence-electron chi connectivity index (χ2n) is 7.17. The molecule has 0 aliphatic heterocycles. The molecular formula is C23H24N4O2S. The van der Waals surface area contributed by atoms with Gasteiger partial charge in [-0.25, -0.2) is 4.52 Å². The Labute approximate surface area is 179 Å². The Morgan fingerprint density at radius 2 is 1.87 bits per heavy atom. The minimum atomic E-state index is 0.0521. The largest absolute Gasteiger partial charge is 0.497 e. The molecule has 0 spiro atoms. The number of hydrogen-bond acceptors (Lipinski definition) is 5. The fourth-order valence-electron chi connectivity index (χ4n) is 3.19. The monoisotopic (exact) mass is 420 g/mol. The van der Waals surface area contributed by atoms with Gasteiger partial charge in [-0.2, -0.15) is 4.98 Å². The van der Waals surface area contributed by atoms with E-state index in [-0.39, 0.29) is 5.91 Å². The molecule has 154 valence electrons. The van der Waals surface area contributed by atoms with Gasteiger partial charge in [-0.05, 0) is 31.0 Å². The van der Waals surface area contributed by atoms with E-state index in [1.54, 1.807) is 18.4 Å². The van der Waals surface area contributed by atoms with E-state index in [0.717, 1.165) is 33.4 Å². The van der Waals surface area contributed by atoms with Gasteiger partial charge in [0.2, 0.25) is 10.9 Å². The van der Waals surface area contributed by atoms with Crippen molar-refractivity contribution in [3.8, 4) is 17.1 Å². The summed E-state index contributed by atoms with van der Waals surface area (Å²) in [5.74, 6) is 1.60. The Bertz CT molecular complexity index is 1130. The molecule has 0 saturated carbocycles. The highest BCUT2D eigenvalue weighted by molar-refractivity contribution is 7.15. The molecule has 4 rings (SSSR count). The molecule has 0 aliphatic rings. The molecule has 1 N–H and O–H groups in total. The first-order chi connectivity index (χ1) is 14.6. The third kappa shape index (κ3) is 4.68. The van der Waals surface area contributed by atoms with Crippen LogP contribution in [0.1, 0.15) is 23.2 Å². The van der Waals surface area contributed by atoms with Crippen molar-refractivity contribution in [2.75, 3.05) is 13.7 Å². The molecule has 2 aromatic heterocycles. The van der Waals surface area contributed by atoms with Crippen molar-refractivity contribution in [2.45, 2.75) is 26.2 Å². The quantitative estimate of drug-likeness (QED) is 0.467. The van der Waals surface area contributed by atoms with Gasteiger partial charge >= 0.3 is 0 Å². The fourth-order valence-corrected chi connectivity index (χ4v) is 4.05. The van der Waals surface area contributed by atoms with Crippen LogP contribution in [0, 0.1) is 6.92 Å². The van der Waals surface area contributed by atoms with Gasteiger partial charge in [0.25, 0.3) is 0 Å². The molecule has 0 bridgehead atoms. The van der Waals surface area contributed by atoms with E-state index >= 15 is 0 Å². The number of nitrogens with zero attached hydrogens (tertiary/aromatic N) is 3. The smallest absolute Gasteiger partial charge is 0.220 e. The van der Waals surface area contributed by atoms with Crippen LogP contribution in [-0.4, -0.2) is 34.2 Å². The average Bonchev–Trinajstić information content (AvgIpc) is 3.35. The van der Waals surface area contributed by atoms with Crippen LogP contribution in [-0.2, 0) is 17.6 Å². The Morgan fingerprint density at radius 1 is 1.10 bits per heavy atom. The standard InChI is InChI=1S/C23H24N4O2S/c1-16-3-8-18(9-4-16)22-25-23-27(26-22)19(15-30-23)13-14-24-21(28)12-7-17-5-10-20(29-2)11-6-17/h3-6,8-11,15H,7,12-14H2,1-2H3,(H,24,28). The number of aromatic nitrogens is 3. The Kier molecular flexibility index (Phi) is 6.09. The van der Waals surface area contributed by atoms with Crippen molar-refractivity contribution in [1.29, 1.82) is 0 Å². The molecule has 0 saturated heterocycles. The number of fused-ring (bicyclic) bond motifs is 1. The minimum absolute atomic E-state index is 0.0521. The third-order valence-electron chi connectivity index (χ3n) is 4.96. The van der Waals surface area contributed by atoms with Crippen molar-refractivity contribution in [3.63, 3.8) is 0 Å². The SMILES string of the molecule is COc1ccc(CCC(=O)NCCc2csc3nc(-c4ccc(C)cc4)nn23)cc1. The first kappa shape index (κ1) is 20.1. The lowest BCUT2D eigenvalue weighted by atomic mass is 10.1. The van der Waals surface area contributed by atoms with Crippen molar-refractivity contribution in [3.05, 3.63) is 70.7 Å². The molecule has 0 aliphatic carbocycles. The Balaban J connectivity index is 1.30. The maximum absolute atomic E-state index is 12.2. The molecule has 1 amide bonds. The normalized spacial score (nSPS) is 11.0. The number of carbonyl (C=O) groups is 1. The topological polar surface area (TPSA) is 68.5 Å². The maximum atomic E-state index is 12.2. The van der Waals surface area contributed by atoms with Gasteiger partial charge in [-0.1, -0.05) is 42.0 Å². The molecule has 0 radical (unpaired) electrons. The number of ether oxygens (including phenoxy) is 1. The number of rotatable bonds is 8. The Morgan fingerprint density at radius 3 is 2.60 bits per heavy atom. The highest BCUT2D eigenvalue weighted by atomic mass is 32.1. The molecule has 6 nitrogen and oxygen atoms in total. The summed E-state index contributed by atoms with van der Waals surface area (Å²) in [5, 5.41) is 9.71. The molecular weight excluding hydrogens is 396 g/mol. The maximum Gasteiger partial charge on any atom is 0.220 e. The van der Waals surface area contributed by atoms with Crippen LogP contribution < -0.4 is 10.1 Å². The van der Waals surface area contributed by atoms with Crippen LogP contribution in [0.4, 0.5) is 0 Å². The lowest BCUT2D eigenvalue weighted by Gasteiger charge is -2.06. The Hall–Kier alpha value is -3.19.